The maximum Gasteiger partial charge on any atom is 0.407 e. The van der Waals surface area contributed by atoms with E-state index in [0.717, 1.165) is 32.3 Å². The fourth-order valence-corrected chi connectivity index (χ4v) is 3.51. The van der Waals surface area contributed by atoms with Gasteiger partial charge in [0.1, 0.15) is 12.2 Å². The molecule has 2 saturated heterocycles. The van der Waals surface area contributed by atoms with Gasteiger partial charge in [-0.15, -0.1) is 0 Å². The maximum absolute atomic E-state index is 12.6. The summed E-state index contributed by atoms with van der Waals surface area (Å²) >= 11 is 0. The number of nitrogens with zero attached hydrogens (tertiary/aromatic N) is 1. The highest BCUT2D eigenvalue weighted by atomic mass is 16.6. The third-order valence-corrected chi connectivity index (χ3v) is 4.84. The predicted molar refractivity (Wildman–Crippen MR) is 97.9 cm³/mol. The number of amides is 2. The number of piperidine rings is 1. The van der Waals surface area contributed by atoms with Gasteiger partial charge >= 0.3 is 6.09 Å². The highest BCUT2D eigenvalue weighted by molar-refractivity contribution is 5.78. The topological polar surface area (TPSA) is 77.1 Å². The van der Waals surface area contributed by atoms with Crippen LogP contribution in [-0.4, -0.2) is 67.6 Å². The van der Waals surface area contributed by atoms with Crippen LogP contribution in [0, 0.1) is 5.92 Å². The Morgan fingerprint density at radius 2 is 2.00 bits per heavy atom. The van der Waals surface area contributed by atoms with Gasteiger partial charge in [-0.2, -0.15) is 0 Å². The Balaban J connectivity index is 1.81. The van der Waals surface area contributed by atoms with Crippen molar-refractivity contribution in [2.45, 2.75) is 71.1 Å². The lowest BCUT2D eigenvalue weighted by Crippen LogP contribution is -2.54. The summed E-state index contributed by atoms with van der Waals surface area (Å²) in [5, 5.41) is 2.81. The number of carbonyl (C=O) groups is 2. The predicted octanol–water partition coefficient (Wildman–Crippen LogP) is 2.33. The fraction of sp³-hybridized carbons (Fsp3) is 0.895. The summed E-state index contributed by atoms with van der Waals surface area (Å²) in [5.41, 5.74) is -0.534. The molecule has 0 aromatic carbocycles. The standard InChI is InChI=1S/C19H34N2O5/c1-14-7-5-9-21(16(14)11-20-18(23)26-19(2,3)4)17(22)13-24-12-15-8-6-10-25-15/h14-16H,5-13H2,1-4H3,(H,20,23)/t14-,15+,16+/m1/s1. The summed E-state index contributed by atoms with van der Waals surface area (Å²) in [6.07, 6.45) is 3.74. The normalized spacial score (nSPS) is 26.6. The fourth-order valence-electron chi connectivity index (χ4n) is 3.51. The van der Waals surface area contributed by atoms with Crippen LogP contribution in [0.1, 0.15) is 53.4 Å². The monoisotopic (exact) mass is 370 g/mol. The lowest BCUT2D eigenvalue weighted by Gasteiger charge is -2.40. The van der Waals surface area contributed by atoms with Crippen molar-refractivity contribution in [3.8, 4) is 0 Å². The molecule has 26 heavy (non-hydrogen) atoms. The zero-order chi connectivity index (χ0) is 19.2. The molecule has 7 nitrogen and oxygen atoms in total. The molecule has 150 valence electrons. The smallest absolute Gasteiger partial charge is 0.407 e. The Labute approximate surface area is 156 Å². The summed E-state index contributed by atoms with van der Waals surface area (Å²) in [7, 11) is 0. The molecule has 1 N–H and O–H groups in total. The molecular weight excluding hydrogens is 336 g/mol. The number of likely N-dealkylation sites (tertiary alicyclic amines) is 1. The molecule has 2 fully saturated rings. The molecule has 7 heteroatoms. The SMILES string of the molecule is C[C@@H]1CCCN(C(=O)COC[C@@H]2CCCO2)[C@H]1CNC(=O)OC(C)(C)C. The van der Waals surface area contributed by atoms with Gasteiger partial charge in [0.25, 0.3) is 0 Å². The Hall–Kier alpha value is -1.34. The molecule has 0 radical (unpaired) electrons. The van der Waals surface area contributed by atoms with Gasteiger partial charge in [-0.25, -0.2) is 4.79 Å². The van der Waals surface area contributed by atoms with E-state index in [1.54, 1.807) is 0 Å². The van der Waals surface area contributed by atoms with E-state index in [0.29, 0.717) is 25.6 Å². The third-order valence-electron chi connectivity index (χ3n) is 4.84. The molecule has 0 spiro atoms. The molecule has 0 aromatic heterocycles. The zero-order valence-corrected chi connectivity index (χ0v) is 16.6. The molecule has 0 aromatic rings. The van der Waals surface area contributed by atoms with Gasteiger partial charge in [-0.05, 0) is 52.4 Å². The van der Waals surface area contributed by atoms with Crippen LogP contribution in [0.5, 0.6) is 0 Å². The summed E-state index contributed by atoms with van der Waals surface area (Å²) in [6.45, 7) is 10.0. The Kier molecular flexibility index (Phi) is 7.70. The first kappa shape index (κ1) is 21.0. The second-order valence-electron chi connectivity index (χ2n) is 8.31. The van der Waals surface area contributed by atoms with Gasteiger partial charge in [0, 0.05) is 19.7 Å². The van der Waals surface area contributed by atoms with Crippen LogP contribution in [0.15, 0.2) is 0 Å². The van der Waals surface area contributed by atoms with Gasteiger partial charge in [0.2, 0.25) is 5.91 Å². The van der Waals surface area contributed by atoms with E-state index in [1.807, 2.05) is 25.7 Å². The van der Waals surface area contributed by atoms with Crippen molar-refractivity contribution in [3.05, 3.63) is 0 Å². The van der Waals surface area contributed by atoms with Gasteiger partial charge in [0.15, 0.2) is 0 Å². The number of nitrogens with one attached hydrogen (secondary N) is 1. The highest BCUT2D eigenvalue weighted by Gasteiger charge is 2.32. The van der Waals surface area contributed by atoms with Gasteiger partial charge < -0.3 is 24.4 Å². The van der Waals surface area contributed by atoms with Crippen molar-refractivity contribution < 1.29 is 23.8 Å². The average molecular weight is 370 g/mol. The minimum absolute atomic E-state index is 0.0227. The molecule has 2 amide bonds. The van der Waals surface area contributed by atoms with Crippen LogP contribution in [-0.2, 0) is 19.0 Å². The zero-order valence-electron chi connectivity index (χ0n) is 16.6. The number of carbonyl (C=O) groups excluding carboxylic acids is 2. The van der Waals surface area contributed by atoms with Crippen molar-refractivity contribution in [2.75, 3.05) is 32.9 Å². The second-order valence-corrected chi connectivity index (χ2v) is 8.31. The maximum atomic E-state index is 12.6. The molecule has 2 rings (SSSR count). The van der Waals surface area contributed by atoms with Crippen LogP contribution in [0.3, 0.4) is 0 Å². The lowest BCUT2D eigenvalue weighted by molar-refractivity contribution is -0.142. The summed E-state index contributed by atoms with van der Waals surface area (Å²) in [5.74, 6) is 0.298. The molecular formula is C19H34N2O5. The van der Waals surface area contributed by atoms with Crippen LogP contribution in [0.25, 0.3) is 0 Å². The van der Waals surface area contributed by atoms with Crippen LogP contribution in [0.4, 0.5) is 4.79 Å². The largest absolute Gasteiger partial charge is 0.444 e. The average Bonchev–Trinajstić information content (AvgIpc) is 3.05. The second kappa shape index (κ2) is 9.55. The van der Waals surface area contributed by atoms with Crippen molar-refractivity contribution in [1.82, 2.24) is 10.2 Å². The van der Waals surface area contributed by atoms with Crippen molar-refractivity contribution in [3.63, 3.8) is 0 Å². The Bertz CT molecular complexity index is 471. The summed E-state index contributed by atoms with van der Waals surface area (Å²) < 4.78 is 16.4. The molecule has 0 saturated carbocycles. The number of ether oxygens (including phenoxy) is 3. The molecule has 3 atom stereocenters. The van der Waals surface area contributed by atoms with E-state index in [4.69, 9.17) is 14.2 Å². The quantitative estimate of drug-likeness (QED) is 0.776. The van der Waals surface area contributed by atoms with E-state index < -0.39 is 11.7 Å². The van der Waals surface area contributed by atoms with Gasteiger partial charge in [0.05, 0.1) is 18.8 Å². The van der Waals surface area contributed by atoms with E-state index in [-0.39, 0.29) is 24.7 Å². The molecule has 0 aliphatic carbocycles. The van der Waals surface area contributed by atoms with E-state index in [2.05, 4.69) is 12.2 Å². The highest BCUT2D eigenvalue weighted by Crippen LogP contribution is 2.23. The minimum atomic E-state index is -0.534. The van der Waals surface area contributed by atoms with Crippen molar-refractivity contribution in [1.29, 1.82) is 0 Å². The van der Waals surface area contributed by atoms with E-state index >= 15 is 0 Å². The van der Waals surface area contributed by atoms with Gasteiger partial charge in [-0.3, -0.25) is 4.79 Å². The van der Waals surface area contributed by atoms with E-state index in [1.165, 1.54) is 0 Å². The number of alkyl carbamates (subject to hydrolysis) is 1. The number of hydrogen-bond acceptors (Lipinski definition) is 5. The third kappa shape index (κ3) is 6.76. The van der Waals surface area contributed by atoms with Crippen LogP contribution in [0.2, 0.25) is 0 Å². The number of hydrogen-bond donors (Lipinski definition) is 1. The Morgan fingerprint density at radius 3 is 2.65 bits per heavy atom. The molecule has 0 unspecified atom stereocenters. The van der Waals surface area contributed by atoms with Crippen LogP contribution < -0.4 is 5.32 Å². The lowest BCUT2D eigenvalue weighted by atomic mass is 9.90. The number of rotatable bonds is 6. The van der Waals surface area contributed by atoms with Gasteiger partial charge in [-0.1, -0.05) is 6.92 Å². The Morgan fingerprint density at radius 1 is 1.23 bits per heavy atom. The molecule has 0 bridgehead atoms. The first-order valence-electron chi connectivity index (χ1n) is 9.72. The minimum Gasteiger partial charge on any atom is -0.444 e. The van der Waals surface area contributed by atoms with E-state index in [9.17, 15) is 9.59 Å². The van der Waals surface area contributed by atoms with Crippen LogP contribution >= 0.6 is 0 Å². The summed E-state index contributed by atoms with van der Waals surface area (Å²) in [6, 6.07) is -0.0323. The molecule has 2 heterocycles. The molecule has 2 aliphatic rings. The first-order chi connectivity index (χ1) is 12.3. The van der Waals surface area contributed by atoms with Crippen molar-refractivity contribution in [2.24, 2.45) is 5.92 Å². The van der Waals surface area contributed by atoms with Crippen molar-refractivity contribution >= 4 is 12.0 Å². The first-order valence-corrected chi connectivity index (χ1v) is 9.72. The summed E-state index contributed by atoms with van der Waals surface area (Å²) in [4.78, 5) is 26.4. The molecule has 2 aliphatic heterocycles.